The second-order valence-electron chi connectivity index (χ2n) is 5.08. The zero-order chi connectivity index (χ0) is 14.9. The molecule has 114 valence electrons. The van der Waals surface area contributed by atoms with Crippen molar-refractivity contribution in [2.45, 2.75) is 71.1 Å². The van der Waals surface area contributed by atoms with Gasteiger partial charge in [0.05, 0.1) is 0 Å². The number of carbonyl (C=O) groups is 1. The van der Waals surface area contributed by atoms with Gasteiger partial charge >= 0.3 is 5.97 Å². The number of aliphatic carboxylic acids is 1. The molecule has 0 saturated heterocycles. The molecule has 0 spiro atoms. The van der Waals surface area contributed by atoms with E-state index in [4.69, 9.17) is 5.11 Å². The van der Waals surface area contributed by atoms with Gasteiger partial charge in [-0.25, -0.2) is 0 Å². The summed E-state index contributed by atoms with van der Waals surface area (Å²) >= 11 is 0. The number of rotatable bonds is 13. The molecule has 0 saturated carbocycles. The van der Waals surface area contributed by atoms with Crippen LogP contribution in [0.1, 0.15) is 71.1 Å². The van der Waals surface area contributed by atoms with E-state index in [1.54, 1.807) is 0 Å². The first kappa shape index (κ1) is 18.7. The average molecular weight is 278 g/mol. The highest BCUT2D eigenvalue weighted by molar-refractivity contribution is 5.66. The van der Waals surface area contributed by atoms with Gasteiger partial charge in [-0.15, -0.1) is 0 Å². The van der Waals surface area contributed by atoms with Gasteiger partial charge in [-0.2, -0.15) is 0 Å². The highest BCUT2D eigenvalue weighted by Crippen LogP contribution is 2.06. The standard InChI is InChI=1S/C18H30O2/c1-2-3-4-5-6-7-8-9-10-11-12-13-14-15-16-17-18(19)20/h6-11H,2-5,12-17H2,1H3,(H,19,20)/b7-6?,9-8+,11-10-. The molecule has 0 unspecified atom stereocenters. The molecular weight excluding hydrogens is 248 g/mol. The third-order valence-electron chi connectivity index (χ3n) is 3.09. The van der Waals surface area contributed by atoms with Crippen molar-refractivity contribution in [1.82, 2.24) is 0 Å². The van der Waals surface area contributed by atoms with Crippen LogP contribution in [0, 0.1) is 0 Å². The fourth-order valence-electron chi connectivity index (χ4n) is 1.88. The summed E-state index contributed by atoms with van der Waals surface area (Å²) < 4.78 is 0. The van der Waals surface area contributed by atoms with Gasteiger partial charge in [0.1, 0.15) is 0 Å². The van der Waals surface area contributed by atoms with Crippen LogP contribution in [-0.4, -0.2) is 11.1 Å². The van der Waals surface area contributed by atoms with Crippen molar-refractivity contribution in [3.63, 3.8) is 0 Å². The van der Waals surface area contributed by atoms with E-state index < -0.39 is 5.97 Å². The number of hydrogen-bond acceptors (Lipinski definition) is 1. The molecule has 0 amide bonds. The largest absolute Gasteiger partial charge is 0.481 e. The molecule has 0 heterocycles. The monoisotopic (exact) mass is 278 g/mol. The van der Waals surface area contributed by atoms with Crippen molar-refractivity contribution in [3.05, 3.63) is 36.5 Å². The SMILES string of the molecule is CCCCCC=C/C=C/C=C\CCCCCCC(=O)O. The Morgan fingerprint density at radius 3 is 1.90 bits per heavy atom. The Kier molecular flexibility index (Phi) is 14.7. The summed E-state index contributed by atoms with van der Waals surface area (Å²) in [6.45, 7) is 2.22. The van der Waals surface area contributed by atoms with Gasteiger partial charge in [0.15, 0.2) is 0 Å². The number of carboxylic acids is 1. The molecule has 0 aromatic carbocycles. The van der Waals surface area contributed by atoms with Crippen molar-refractivity contribution in [2.75, 3.05) is 0 Å². The second kappa shape index (κ2) is 15.7. The van der Waals surface area contributed by atoms with Gasteiger partial charge < -0.3 is 5.11 Å². The summed E-state index contributed by atoms with van der Waals surface area (Å²) in [7, 11) is 0. The lowest BCUT2D eigenvalue weighted by Gasteiger charge is -1.96. The van der Waals surface area contributed by atoms with E-state index in [0.717, 1.165) is 32.1 Å². The van der Waals surface area contributed by atoms with Crippen LogP contribution in [0.3, 0.4) is 0 Å². The lowest BCUT2D eigenvalue weighted by molar-refractivity contribution is -0.137. The van der Waals surface area contributed by atoms with Crippen LogP contribution in [0.4, 0.5) is 0 Å². The van der Waals surface area contributed by atoms with Crippen molar-refractivity contribution in [2.24, 2.45) is 0 Å². The second-order valence-corrected chi connectivity index (χ2v) is 5.08. The van der Waals surface area contributed by atoms with Gasteiger partial charge in [-0.3, -0.25) is 4.79 Å². The van der Waals surface area contributed by atoms with Crippen LogP contribution in [-0.2, 0) is 4.79 Å². The smallest absolute Gasteiger partial charge is 0.303 e. The van der Waals surface area contributed by atoms with Crippen LogP contribution in [0.25, 0.3) is 0 Å². The summed E-state index contributed by atoms with van der Waals surface area (Å²) in [5.41, 5.74) is 0. The Balaban J connectivity index is 3.32. The van der Waals surface area contributed by atoms with Crippen LogP contribution in [0.2, 0.25) is 0 Å². The van der Waals surface area contributed by atoms with Crippen molar-refractivity contribution in [3.8, 4) is 0 Å². The Labute approximate surface area is 124 Å². The molecular formula is C18H30O2. The minimum atomic E-state index is -0.683. The molecule has 20 heavy (non-hydrogen) atoms. The van der Waals surface area contributed by atoms with Gasteiger partial charge in [0, 0.05) is 6.42 Å². The molecule has 1 N–H and O–H groups in total. The minimum Gasteiger partial charge on any atom is -0.481 e. The molecule has 0 aliphatic carbocycles. The molecule has 0 aliphatic heterocycles. The maximum atomic E-state index is 10.3. The van der Waals surface area contributed by atoms with Crippen LogP contribution in [0.5, 0.6) is 0 Å². The van der Waals surface area contributed by atoms with Gasteiger partial charge in [0.25, 0.3) is 0 Å². The Hall–Kier alpha value is -1.31. The highest BCUT2D eigenvalue weighted by Gasteiger charge is 1.95. The zero-order valence-corrected chi connectivity index (χ0v) is 12.9. The lowest BCUT2D eigenvalue weighted by atomic mass is 10.1. The van der Waals surface area contributed by atoms with E-state index in [0.29, 0.717) is 6.42 Å². The fraction of sp³-hybridized carbons (Fsp3) is 0.611. The quantitative estimate of drug-likeness (QED) is 0.348. The zero-order valence-electron chi connectivity index (χ0n) is 12.9. The molecule has 0 radical (unpaired) electrons. The molecule has 2 heteroatoms. The van der Waals surface area contributed by atoms with E-state index in [1.165, 1.54) is 25.7 Å². The normalized spacial score (nSPS) is 12.1. The summed E-state index contributed by atoms with van der Waals surface area (Å²) in [6.07, 6.45) is 23.3. The Bertz CT molecular complexity index is 301. The summed E-state index contributed by atoms with van der Waals surface area (Å²) in [6, 6.07) is 0. The maximum Gasteiger partial charge on any atom is 0.303 e. The van der Waals surface area contributed by atoms with Crippen molar-refractivity contribution < 1.29 is 9.90 Å². The molecule has 2 nitrogen and oxygen atoms in total. The molecule has 0 aromatic heterocycles. The van der Waals surface area contributed by atoms with Gasteiger partial charge in [-0.05, 0) is 32.1 Å². The first-order chi connectivity index (χ1) is 9.77. The molecule has 0 atom stereocenters. The lowest BCUT2D eigenvalue weighted by Crippen LogP contribution is -1.93. The van der Waals surface area contributed by atoms with Gasteiger partial charge in [-0.1, -0.05) is 69.1 Å². The highest BCUT2D eigenvalue weighted by atomic mass is 16.4. The molecule has 0 rings (SSSR count). The summed E-state index contributed by atoms with van der Waals surface area (Å²) in [5, 5.41) is 8.49. The average Bonchev–Trinajstić information content (AvgIpc) is 2.43. The first-order valence-corrected chi connectivity index (χ1v) is 7.97. The Morgan fingerprint density at radius 2 is 1.35 bits per heavy atom. The van der Waals surface area contributed by atoms with E-state index in [1.807, 2.05) is 0 Å². The van der Waals surface area contributed by atoms with Crippen LogP contribution >= 0.6 is 0 Å². The first-order valence-electron chi connectivity index (χ1n) is 7.97. The van der Waals surface area contributed by atoms with E-state index in [-0.39, 0.29) is 0 Å². The summed E-state index contributed by atoms with van der Waals surface area (Å²) in [5.74, 6) is -0.683. The van der Waals surface area contributed by atoms with E-state index >= 15 is 0 Å². The molecule has 0 bridgehead atoms. The molecule has 0 aliphatic rings. The Morgan fingerprint density at radius 1 is 0.800 bits per heavy atom. The predicted molar refractivity (Wildman–Crippen MR) is 86.9 cm³/mol. The van der Waals surface area contributed by atoms with E-state index in [2.05, 4.69) is 43.4 Å². The maximum absolute atomic E-state index is 10.3. The van der Waals surface area contributed by atoms with Crippen molar-refractivity contribution >= 4 is 5.97 Å². The molecule has 0 aromatic rings. The fourth-order valence-corrected chi connectivity index (χ4v) is 1.88. The van der Waals surface area contributed by atoms with Crippen LogP contribution < -0.4 is 0 Å². The number of unbranched alkanes of at least 4 members (excludes halogenated alkanes) is 7. The number of carboxylic acid groups (broad SMARTS) is 1. The van der Waals surface area contributed by atoms with Crippen molar-refractivity contribution in [1.29, 1.82) is 0 Å². The predicted octanol–water partition coefficient (Wildman–Crippen LogP) is 5.66. The third-order valence-corrected chi connectivity index (χ3v) is 3.09. The summed E-state index contributed by atoms with van der Waals surface area (Å²) in [4.78, 5) is 10.3. The van der Waals surface area contributed by atoms with Crippen LogP contribution in [0.15, 0.2) is 36.5 Å². The topological polar surface area (TPSA) is 37.3 Å². The number of hydrogen-bond donors (Lipinski definition) is 1. The van der Waals surface area contributed by atoms with Gasteiger partial charge in [0.2, 0.25) is 0 Å². The third kappa shape index (κ3) is 16.7. The number of allylic oxidation sites excluding steroid dienone is 6. The molecule has 0 fully saturated rings. The van der Waals surface area contributed by atoms with E-state index in [9.17, 15) is 4.79 Å². The minimum absolute atomic E-state index is 0.309.